The van der Waals surface area contributed by atoms with Crippen molar-refractivity contribution in [2.24, 2.45) is 0 Å². The van der Waals surface area contributed by atoms with Crippen LogP contribution in [0, 0.1) is 0 Å². The van der Waals surface area contributed by atoms with Gasteiger partial charge in [0.2, 0.25) is 0 Å². The van der Waals surface area contributed by atoms with Crippen molar-refractivity contribution in [3.63, 3.8) is 0 Å². The van der Waals surface area contributed by atoms with Gasteiger partial charge in [-0.05, 0) is 12.1 Å². The molecule has 0 saturated carbocycles. The quantitative estimate of drug-likeness (QED) is 0.639. The number of hydrogen-bond acceptors (Lipinski definition) is 3. The summed E-state index contributed by atoms with van der Waals surface area (Å²) < 4.78 is 10.0. The molecule has 0 aliphatic carbocycles. The zero-order valence-corrected chi connectivity index (χ0v) is 7.10. The van der Waals surface area contributed by atoms with Gasteiger partial charge in [-0.1, -0.05) is 18.2 Å². The van der Waals surface area contributed by atoms with Crippen LogP contribution in [0.4, 0.5) is 0 Å². The minimum atomic E-state index is -0.270. The molecule has 1 aromatic carbocycles. The Morgan fingerprint density at radius 3 is 2.54 bits per heavy atom. The third-order valence-corrected chi connectivity index (χ3v) is 1.89. The van der Waals surface area contributed by atoms with Gasteiger partial charge >= 0.3 is 5.97 Å². The maximum absolute atomic E-state index is 11.4. The fourth-order valence-electron chi connectivity index (χ4n) is 1.08. The van der Waals surface area contributed by atoms with E-state index < -0.39 is 0 Å². The van der Waals surface area contributed by atoms with Crippen LogP contribution in [-0.4, -0.2) is 25.3 Å². The summed E-state index contributed by atoms with van der Waals surface area (Å²) >= 11 is 0. The van der Waals surface area contributed by atoms with Crippen LogP contribution in [0.15, 0.2) is 30.3 Å². The van der Waals surface area contributed by atoms with E-state index in [-0.39, 0.29) is 12.1 Å². The van der Waals surface area contributed by atoms with Gasteiger partial charge in [0.15, 0.2) is 0 Å². The SMILES string of the molecule is O=C(OC1COC1)c1ccccc1. The molecule has 1 aliphatic rings. The normalized spacial score (nSPS) is 16.3. The molecule has 1 aromatic rings. The highest BCUT2D eigenvalue weighted by atomic mass is 16.6. The van der Waals surface area contributed by atoms with E-state index in [0.29, 0.717) is 18.8 Å². The van der Waals surface area contributed by atoms with Crippen molar-refractivity contribution in [2.75, 3.05) is 13.2 Å². The summed E-state index contributed by atoms with van der Waals surface area (Å²) in [5.41, 5.74) is 0.592. The molecule has 1 heterocycles. The zero-order chi connectivity index (χ0) is 9.10. The third kappa shape index (κ3) is 1.87. The molecule has 0 unspecified atom stereocenters. The van der Waals surface area contributed by atoms with E-state index >= 15 is 0 Å². The number of rotatable bonds is 2. The molecular formula is C10H10O3. The lowest BCUT2D eigenvalue weighted by atomic mass is 10.2. The molecule has 0 atom stereocenters. The highest BCUT2D eigenvalue weighted by molar-refractivity contribution is 5.89. The fraction of sp³-hybridized carbons (Fsp3) is 0.300. The molecule has 13 heavy (non-hydrogen) atoms. The highest BCUT2D eigenvalue weighted by Gasteiger charge is 2.22. The maximum Gasteiger partial charge on any atom is 0.338 e. The Balaban J connectivity index is 1.97. The van der Waals surface area contributed by atoms with Crippen molar-refractivity contribution in [3.05, 3.63) is 35.9 Å². The lowest BCUT2D eigenvalue weighted by Crippen LogP contribution is -2.37. The van der Waals surface area contributed by atoms with E-state index in [1.54, 1.807) is 12.1 Å². The topological polar surface area (TPSA) is 35.5 Å². The summed E-state index contributed by atoms with van der Waals surface area (Å²) in [6.07, 6.45) is -0.0484. The number of benzene rings is 1. The summed E-state index contributed by atoms with van der Waals surface area (Å²) in [5, 5.41) is 0. The molecule has 0 spiro atoms. The second kappa shape index (κ2) is 3.58. The van der Waals surface area contributed by atoms with Crippen molar-refractivity contribution >= 4 is 5.97 Å². The van der Waals surface area contributed by atoms with Gasteiger partial charge < -0.3 is 9.47 Å². The highest BCUT2D eigenvalue weighted by Crippen LogP contribution is 2.09. The van der Waals surface area contributed by atoms with Crippen LogP contribution in [0.2, 0.25) is 0 Å². The minimum absolute atomic E-state index is 0.0484. The predicted octanol–water partition coefficient (Wildman–Crippen LogP) is 1.24. The summed E-state index contributed by atoms with van der Waals surface area (Å²) in [4.78, 5) is 11.4. The third-order valence-electron chi connectivity index (χ3n) is 1.89. The Bertz CT molecular complexity index is 290. The molecule has 0 aromatic heterocycles. The zero-order valence-electron chi connectivity index (χ0n) is 7.10. The molecule has 68 valence electrons. The van der Waals surface area contributed by atoms with Gasteiger partial charge in [-0.15, -0.1) is 0 Å². The van der Waals surface area contributed by atoms with Crippen molar-refractivity contribution < 1.29 is 14.3 Å². The van der Waals surface area contributed by atoms with Crippen molar-refractivity contribution in [1.29, 1.82) is 0 Å². The van der Waals surface area contributed by atoms with Gasteiger partial charge in [0, 0.05) is 0 Å². The fourth-order valence-corrected chi connectivity index (χ4v) is 1.08. The largest absolute Gasteiger partial charge is 0.454 e. The average molecular weight is 178 g/mol. The Morgan fingerprint density at radius 2 is 2.00 bits per heavy atom. The van der Waals surface area contributed by atoms with Gasteiger partial charge in [-0.25, -0.2) is 4.79 Å². The van der Waals surface area contributed by atoms with Crippen LogP contribution in [-0.2, 0) is 9.47 Å². The van der Waals surface area contributed by atoms with Crippen LogP contribution in [0.5, 0.6) is 0 Å². The molecule has 0 amide bonds. The number of carbonyl (C=O) groups excluding carboxylic acids is 1. The Hall–Kier alpha value is -1.35. The van der Waals surface area contributed by atoms with E-state index in [0.717, 1.165) is 0 Å². The summed E-state index contributed by atoms with van der Waals surface area (Å²) in [6, 6.07) is 8.97. The van der Waals surface area contributed by atoms with Gasteiger partial charge in [-0.3, -0.25) is 0 Å². The first-order valence-corrected chi connectivity index (χ1v) is 4.20. The Kier molecular flexibility index (Phi) is 2.27. The van der Waals surface area contributed by atoms with Crippen LogP contribution in [0.3, 0.4) is 0 Å². The second-order valence-electron chi connectivity index (χ2n) is 2.93. The molecule has 3 nitrogen and oxygen atoms in total. The number of carbonyl (C=O) groups is 1. The summed E-state index contributed by atoms with van der Waals surface area (Å²) in [6.45, 7) is 1.05. The molecule has 1 saturated heterocycles. The van der Waals surface area contributed by atoms with Gasteiger partial charge in [0.05, 0.1) is 18.8 Å². The van der Waals surface area contributed by atoms with Crippen molar-refractivity contribution in [1.82, 2.24) is 0 Å². The minimum Gasteiger partial charge on any atom is -0.454 e. The van der Waals surface area contributed by atoms with Gasteiger partial charge in [0.1, 0.15) is 6.10 Å². The van der Waals surface area contributed by atoms with Crippen molar-refractivity contribution in [3.8, 4) is 0 Å². The molecule has 3 heteroatoms. The number of hydrogen-bond donors (Lipinski definition) is 0. The van der Waals surface area contributed by atoms with Crippen LogP contribution in [0.25, 0.3) is 0 Å². The van der Waals surface area contributed by atoms with Crippen LogP contribution in [0.1, 0.15) is 10.4 Å². The van der Waals surface area contributed by atoms with Crippen LogP contribution < -0.4 is 0 Å². The smallest absolute Gasteiger partial charge is 0.338 e. The average Bonchev–Trinajstić information content (AvgIpc) is 2.12. The van der Waals surface area contributed by atoms with Gasteiger partial charge in [0.25, 0.3) is 0 Å². The molecule has 1 aliphatic heterocycles. The van der Waals surface area contributed by atoms with Gasteiger partial charge in [-0.2, -0.15) is 0 Å². The predicted molar refractivity (Wildman–Crippen MR) is 46.5 cm³/mol. The molecule has 2 rings (SSSR count). The van der Waals surface area contributed by atoms with E-state index in [1.807, 2.05) is 18.2 Å². The monoisotopic (exact) mass is 178 g/mol. The van der Waals surface area contributed by atoms with E-state index in [1.165, 1.54) is 0 Å². The first-order chi connectivity index (χ1) is 6.36. The van der Waals surface area contributed by atoms with E-state index in [4.69, 9.17) is 9.47 Å². The molecule has 0 radical (unpaired) electrons. The Labute approximate surface area is 76.3 Å². The van der Waals surface area contributed by atoms with E-state index in [2.05, 4.69) is 0 Å². The molecular weight excluding hydrogens is 168 g/mol. The van der Waals surface area contributed by atoms with E-state index in [9.17, 15) is 4.79 Å². The summed E-state index contributed by atoms with van der Waals surface area (Å²) in [7, 11) is 0. The lowest BCUT2D eigenvalue weighted by molar-refractivity contribution is -0.103. The number of ether oxygens (including phenoxy) is 2. The van der Waals surface area contributed by atoms with Crippen molar-refractivity contribution in [2.45, 2.75) is 6.10 Å². The molecule has 0 bridgehead atoms. The standard InChI is InChI=1S/C10H10O3/c11-10(13-9-6-12-7-9)8-4-2-1-3-5-8/h1-5,9H,6-7H2. The van der Waals surface area contributed by atoms with Crippen LogP contribution >= 0.6 is 0 Å². The maximum atomic E-state index is 11.4. The summed E-state index contributed by atoms with van der Waals surface area (Å²) in [5.74, 6) is -0.270. The first-order valence-electron chi connectivity index (χ1n) is 4.20. The molecule has 1 fully saturated rings. The second-order valence-corrected chi connectivity index (χ2v) is 2.93. The number of esters is 1. The first kappa shape index (κ1) is 8.26. The molecule has 0 N–H and O–H groups in total. The lowest BCUT2D eigenvalue weighted by Gasteiger charge is -2.25. The Morgan fingerprint density at radius 1 is 1.31 bits per heavy atom.